The molecule has 2 aromatic carbocycles. The van der Waals surface area contributed by atoms with E-state index in [9.17, 15) is 4.79 Å². The zero-order valence-electron chi connectivity index (χ0n) is 16.0. The van der Waals surface area contributed by atoms with E-state index in [-0.39, 0.29) is 11.5 Å². The molecule has 1 heterocycles. The lowest BCUT2D eigenvalue weighted by Gasteiger charge is -2.13. The van der Waals surface area contributed by atoms with Gasteiger partial charge in [0.25, 0.3) is 5.56 Å². The SMILES string of the molecule is COc1cccc(/C=N\Nc2nc(C)cc(=O)[nH]2)c1OCc1cccc(C)c1. The van der Waals surface area contributed by atoms with Gasteiger partial charge in [-0.3, -0.25) is 9.78 Å². The van der Waals surface area contributed by atoms with E-state index in [4.69, 9.17) is 9.47 Å². The summed E-state index contributed by atoms with van der Waals surface area (Å²) < 4.78 is 11.5. The molecule has 0 saturated heterocycles. The van der Waals surface area contributed by atoms with Crippen molar-refractivity contribution < 1.29 is 9.47 Å². The predicted molar refractivity (Wildman–Crippen MR) is 109 cm³/mol. The Bertz CT molecular complexity index is 1040. The first-order valence-electron chi connectivity index (χ1n) is 8.77. The third-order valence-electron chi connectivity index (χ3n) is 3.94. The third-order valence-corrected chi connectivity index (χ3v) is 3.94. The second-order valence-electron chi connectivity index (χ2n) is 6.26. The van der Waals surface area contributed by atoms with Gasteiger partial charge in [0.15, 0.2) is 11.5 Å². The molecular weight excluding hydrogens is 356 g/mol. The number of aryl methyl sites for hydroxylation is 2. The maximum atomic E-state index is 11.5. The lowest BCUT2D eigenvalue weighted by Crippen LogP contribution is -2.10. The molecule has 0 aliphatic carbocycles. The van der Waals surface area contributed by atoms with Crippen LogP contribution in [-0.4, -0.2) is 23.3 Å². The minimum atomic E-state index is -0.242. The summed E-state index contributed by atoms with van der Waals surface area (Å²) in [7, 11) is 1.59. The van der Waals surface area contributed by atoms with E-state index in [1.54, 1.807) is 20.2 Å². The Hall–Kier alpha value is -3.61. The van der Waals surface area contributed by atoms with Gasteiger partial charge in [-0.15, -0.1) is 0 Å². The molecule has 3 rings (SSSR count). The largest absolute Gasteiger partial charge is 0.493 e. The Labute approximate surface area is 163 Å². The van der Waals surface area contributed by atoms with E-state index >= 15 is 0 Å². The molecule has 7 heteroatoms. The molecule has 144 valence electrons. The van der Waals surface area contributed by atoms with E-state index in [0.29, 0.717) is 23.8 Å². The molecule has 3 aromatic rings. The lowest BCUT2D eigenvalue weighted by molar-refractivity contribution is 0.284. The molecule has 0 aliphatic heterocycles. The highest BCUT2D eigenvalue weighted by Gasteiger charge is 2.10. The molecule has 0 amide bonds. The highest BCUT2D eigenvalue weighted by Crippen LogP contribution is 2.31. The number of aromatic amines is 1. The minimum absolute atomic E-state index is 0.242. The van der Waals surface area contributed by atoms with Crippen LogP contribution in [0, 0.1) is 13.8 Å². The summed E-state index contributed by atoms with van der Waals surface area (Å²) in [6.45, 7) is 4.19. The van der Waals surface area contributed by atoms with E-state index in [1.807, 2.05) is 43.3 Å². The predicted octanol–water partition coefficient (Wildman–Crippen LogP) is 3.42. The van der Waals surface area contributed by atoms with Crippen LogP contribution in [0.15, 0.2) is 58.4 Å². The van der Waals surface area contributed by atoms with E-state index in [2.05, 4.69) is 26.6 Å². The number of aromatic nitrogens is 2. The molecule has 7 nitrogen and oxygen atoms in total. The van der Waals surface area contributed by atoms with Crippen LogP contribution in [-0.2, 0) is 6.61 Å². The van der Waals surface area contributed by atoms with Crippen molar-refractivity contribution in [1.82, 2.24) is 9.97 Å². The van der Waals surface area contributed by atoms with Crippen molar-refractivity contribution in [2.45, 2.75) is 20.5 Å². The quantitative estimate of drug-likeness (QED) is 0.486. The van der Waals surface area contributed by atoms with Crippen LogP contribution in [0.5, 0.6) is 11.5 Å². The fourth-order valence-electron chi connectivity index (χ4n) is 2.70. The maximum Gasteiger partial charge on any atom is 0.252 e. The number of benzene rings is 2. The van der Waals surface area contributed by atoms with Crippen molar-refractivity contribution in [3.8, 4) is 11.5 Å². The molecule has 0 aliphatic rings. The summed E-state index contributed by atoms with van der Waals surface area (Å²) in [6, 6.07) is 15.1. The topological polar surface area (TPSA) is 88.6 Å². The molecule has 0 spiro atoms. The Morgan fingerprint density at radius 1 is 1.18 bits per heavy atom. The van der Waals surface area contributed by atoms with Gasteiger partial charge >= 0.3 is 0 Å². The molecule has 0 saturated carbocycles. The van der Waals surface area contributed by atoms with Crippen LogP contribution < -0.4 is 20.5 Å². The summed E-state index contributed by atoms with van der Waals surface area (Å²) in [5.74, 6) is 1.47. The first-order chi connectivity index (χ1) is 13.5. The lowest BCUT2D eigenvalue weighted by atomic mass is 10.1. The highest BCUT2D eigenvalue weighted by atomic mass is 16.5. The number of ether oxygens (including phenoxy) is 2. The number of para-hydroxylation sites is 1. The number of methoxy groups -OCH3 is 1. The number of anilines is 1. The zero-order valence-corrected chi connectivity index (χ0v) is 16.0. The average molecular weight is 378 g/mol. The first kappa shape index (κ1) is 19.2. The summed E-state index contributed by atoms with van der Waals surface area (Å²) in [6.07, 6.45) is 1.59. The number of hydrogen-bond acceptors (Lipinski definition) is 6. The van der Waals surface area contributed by atoms with Crippen molar-refractivity contribution in [1.29, 1.82) is 0 Å². The Kier molecular flexibility index (Phi) is 6.06. The Morgan fingerprint density at radius 2 is 2.00 bits per heavy atom. The van der Waals surface area contributed by atoms with Crippen LogP contribution in [0.4, 0.5) is 5.95 Å². The van der Waals surface area contributed by atoms with Gasteiger partial charge in [0.1, 0.15) is 6.61 Å². The fourth-order valence-corrected chi connectivity index (χ4v) is 2.70. The van der Waals surface area contributed by atoms with Crippen LogP contribution >= 0.6 is 0 Å². The summed E-state index contributed by atoms with van der Waals surface area (Å²) in [5.41, 5.74) is 6.05. The van der Waals surface area contributed by atoms with Crippen molar-refractivity contribution in [2.75, 3.05) is 12.5 Å². The Balaban J connectivity index is 1.79. The standard InChI is InChI=1S/C21H22N4O3/c1-14-6-4-7-16(10-14)13-28-20-17(8-5-9-18(20)27-3)12-22-25-21-23-15(2)11-19(26)24-21/h4-12H,13H2,1-3H3,(H2,23,24,25,26)/b22-12-. The van der Waals surface area contributed by atoms with Gasteiger partial charge in [0.2, 0.25) is 5.95 Å². The first-order valence-corrected chi connectivity index (χ1v) is 8.77. The third kappa shape index (κ3) is 4.97. The molecule has 1 aromatic heterocycles. The van der Waals surface area contributed by atoms with Gasteiger partial charge in [0, 0.05) is 17.3 Å². The van der Waals surface area contributed by atoms with Gasteiger partial charge in [-0.25, -0.2) is 10.4 Å². The number of nitrogens with one attached hydrogen (secondary N) is 2. The smallest absolute Gasteiger partial charge is 0.252 e. The van der Waals surface area contributed by atoms with Gasteiger partial charge in [-0.05, 0) is 31.5 Å². The molecule has 28 heavy (non-hydrogen) atoms. The number of hydrazone groups is 1. The molecular formula is C21H22N4O3. The van der Waals surface area contributed by atoms with Crippen LogP contribution in [0.25, 0.3) is 0 Å². The molecule has 0 atom stereocenters. The molecule has 0 fully saturated rings. The normalized spacial score (nSPS) is 10.8. The molecule has 2 N–H and O–H groups in total. The summed E-state index contributed by atoms with van der Waals surface area (Å²) in [5, 5.41) is 4.16. The van der Waals surface area contributed by atoms with Crippen molar-refractivity contribution in [2.24, 2.45) is 5.10 Å². The molecule has 0 unspecified atom stereocenters. The summed E-state index contributed by atoms with van der Waals surface area (Å²) in [4.78, 5) is 18.2. The molecule has 0 radical (unpaired) electrons. The second-order valence-corrected chi connectivity index (χ2v) is 6.26. The second kappa shape index (κ2) is 8.85. The van der Waals surface area contributed by atoms with Crippen LogP contribution in [0.3, 0.4) is 0 Å². The average Bonchev–Trinajstić information content (AvgIpc) is 2.66. The van der Waals surface area contributed by atoms with E-state index < -0.39 is 0 Å². The van der Waals surface area contributed by atoms with Gasteiger partial charge in [-0.2, -0.15) is 5.10 Å². The fraction of sp³-hybridized carbons (Fsp3) is 0.190. The minimum Gasteiger partial charge on any atom is -0.493 e. The highest BCUT2D eigenvalue weighted by molar-refractivity contribution is 5.85. The number of H-pyrrole nitrogens is 1. The summed E-state index contributed by atoms with van der Waals surface area (Å²) >= 11 is 0. The van der Waals surface area contributed by atoms with Crippen LogP contribution in [0.1, 0.15) is 22.4 Å². The van der Waals surface area contributed by atoms with E-state index in [1.165, 1.54) is 11.6 Å². The van der Waals surface area contributed by atoms with Gasteiger partial charge in [-0.1, -0.05) is 35.9 Å². The number of nitrogens with zero attached hydrogens (tertiary/aromatic N) is 2. The number of rotatable bonds is 7. The Morgan fingerprint density at radius 3 is 2.75 bits per heavy atom. The molecule has 0 bridgehead atoms. The maximum absolute atomic E-state index is 11.5. The van der Waals surface area contributed by atoms with Gasteiger partial charge < -0.3 is 9.47 Å². The van der Waals surface area contributed by atoms with Gasteiger partial charge in [0.05, 0.1) is 13.3 Å². The zero-order chi connectivity index (χ0) is 19.9. The van der Waals surface area contributed by atoms with Crippen molar-refractivity contribution in [3.63, 3.8) is 0 Å². The van der Waals surface area contributed by atoms with Crippen LogP contribution in [0.2, 0.25) is 0 Å². The number of hydrogen-bond donors (Lipinski definition) is 2. The van der Waals surface area contributed by atoms with Crippen molar-refractivity contribution in [3.05, 3.63) is 81.3 Å². The van der Waals surface area contributed by atoms with Crippen molar-refractivity contribution >= 4 is 12.2 Å². The monoisotopic (exact) mass is 378 g/mol. The van der Waals surface area contributed by atoms with E-state index in [0.717, 1.165) is 11.1 Å².